The summed E-state index contributed by atoms with van der Waals surface area (Å²) in [5, 5.41) is 2.78. The van der Waals surface area contributed by atoms with E-state index in [0.29, 0.717) is 13.1 Å². The first-order valence-corrected chi connectivity index (χ1v) is 11.6. The Morgan fingerprint density at radius 1 is 1.09 bits per heavy atom. The fraction of sp³-hybridized carbons (Fsp3) is 0.579. The number of carbonyl (C=O) groups excluding carboxylic acids is 2. The van der Waals surface area contributed by atoms with Crippen molar-refractivity contribution in [3.63, 3.8) is 0 Å². The van der Waals surface area contributed by atoms with Crippen LogP contribution < -0.4 is 10.1 Å². The highest BCUT2D eigenvalue weighted by molar-refractivity contribution is 7.89. The van der Waals surface area contributed by atoms with Crippen LogP contribution in [-0.2, 0) is 14.8 Å². The van der Waals surface area contributed by atoms with E-state index < -0.39 is 33.7 Å². The van der Waals surface area contributed by atoms with Crippen LogP contribution in [0.1, 0.15) is 19.8 Å². The van der Waals surface area contributed by atoms with Crippen LogP contribution in [0.5, 0.6) is 5.75 Å². The molecule has 0 bridgehead atoms. The summed E-state index contributed by atoms with van der Waals surface area (Å²) in [6.07, 6.45) is -3.06. The second kappa shape index (κ2) is 7.89. The van der Waals surface area contributed by atoms with E-state index in [2.05, 4.69) is 10.1 Å². The van der Waals surface area contributed by atoms with Gasteiger partial charge in [-0.25, -0.2) is 18.1 Å². The van der Waals surface area contributed by atoms with E-state index >= 15 is 0 Å². The van der Waals surface area contributed by atoms with Crippen molar-refractivity contribution in [3.8, 4) is 5.75 Å². The first kappa shape index (κ1) is 22.8. The normalized spacial score (nSPS) is 25.8. The van der Waals surface area contributed by atoms with Crippen molar-refractivity contribution in [2.24, 2.45) is 5.92 Å². The predicted molar refractivity (Wildman–Crippen MR) is 105 cm³/mol. The number of carbonyl (C=O) groups is 2. The quantitative estimate of drug-likeness (QED) is 0.626. The summed E-state index contributed by atoms with van der Waals surface area (Å²) in [5.41, 5.74) is -0.871. The van der Waals surface area contributed by atoms with Crippen LogP contribution in [0, 0.1) is 5.92 Å². The molecule has 1 aliphatic carbocycles. The number of rotatable bonds is 6. The molecular weight excluding hydrogens is 453 g/mol. The van der Waals surface area contributed by atoms with Crippen LogP contribution in [0.4, 0.5) is 18.0 Å². The number of sulfonamides is 1. The molecule has 0 radical (unpaired) electrons. The minimum atomic E-state index is -4.86. The number of nitrogens with one attached hydrogen (secondary N) is 1. The molecule has 3 amide bonds. The van der Waals surface area contributed by atoms with Crippen molar-refractivity contribution < 1.29 is 35.9 Å². The van der Waals surface area contributed by atoms with Crippen LogP contribution in [0.15, 0.2) is 29.2 Å². The lowest BCUT2D eigenvalue weighted by Gasteiger charge is -2.35. The van der Waals surface area contributed by atoms with Gasteiger partial charge in [-0.3, -0.25) is 9.69 Å². The molecule has 1 aromatic carbocycles. The van der Waals surface area contributed by atoms with Gasteiger partial charge in [-0.2, -0.15) is 4.31 Å². The van der Waals surface area contributed by atoms with Gasteiger partial charge in [0.1, 0.15) is 11.3 Å². The lowest BCUT2D eigenvalue weighted by atomic mass is 9.96. The summed E-state index contributed by atoms with van der Waals surface area (Å²) in [4.78, 5) is 27.9. The Balaban J connectivity index is 1.35. The van der Waals surface area contributed by atoms with Crippen molar-refractivity contribution in [3.05, 3.63) is 24.3 Å². The van der Waals surface area contributed by atoms with Gasteiger partial charge in [-0.1, -0.05) is 0 Å². The zero-order valence-corrected chi connectivity index (χ0v) is 18.1. The summed E-state index contributed by atoms with van der Waals surface area (Å²) in [5.74, 6) is -0.617. The Bertz CT molecular complexity index is 1000. The van der Waals surface area contributed by atoms with E-state index in [1.807, 2.05) is 4.90 Å². The first-order chi connectivity index (χ1) is 14.9. The molecule has 2 heterocycles. The zero-order valence-electron chi connectivity index (χ0n) is 17.3. The molecule has 32 heavy (non-hydrogen) atoms. The summed E-state index contributed by atoms with van der Waals surface area (Å²) in [6.45, 7) is 2.64. The third kappa shape index (κ3) is 4.41. The molecule has 2 aliphatic heterocycles. The monoisotopic (exact) mass is 476 g/mol. The Morgan fingerprint density at radius 3 is 2.22 bits per heavy atom. The molecule has 4 rings (SSSR count). The second-order valence-corrected chi connectivity index (χ2v) is 10.3. The number of ether oxygens (including phenoxy) is 1. The fourth-order valence-corrected chi connectivity index (χ4v) is 5.48. The molecule has 0 unspecified atom stereocenters. The van der Waals surface area contributed by atoms with E-state index in [-0.39, 0.29) is 36.5 Å². The third-order valence-corrected chi connectivity index (χ3v) is 7.98. The van der Waals surface area contributed by atoms with E-state index in [1.54, 1.807) is 6.92 Å². The van der Waals surface area contributed by atoms with Crippen molar-refractivity contribution in [1.82, 2.24) is 19.4 Å². The van der Waals surface area contributed by atoms with Gasteiger partial charge in [0.25, 0.3) is 5.91 Å². The average Bonchev–Trinajstić information content (AvgIpc) is 3.54. The highest BCUT2D eigenvalue weighted by atomic mass is 32.2. The van der Waals surface area contributed by atoms with Gasteiger partial charge < -0.3 is 10.1 Å². The van der Waals surface area contributed by atoms with Crippen molar-refractivity contribution in [2.75, 3.05) is 32.8 Å². The number of alkyl halides is 3. The summed E-state index contributed by atoms with van der Waals surface area (Å²) >= 11 is 0. The van der Waals surface area contributed by atoms with E-state index in [4.69, 9.17) is 0 Å². The number of benzene rings is 1. The van der Waals surface area contributed by atoms with Crippen LogP contribution in [0.25, 0.3) is 0 Å². The zero-order chi connectivity index (χ0) is 23.3. The summed E-state index contributed by atoms with van der Waals surface area (Å²) in [6, 6.07) is 3.58. The Hall–Kier alpha value is -2.38. The number of piperazine rings is 1. The van der Waals surface area contributed by atoms with Gasteiger partial charge in [0.2, 0.25) is 10.0 Å². The molecule has 1 atom stereocenters. The lowest BCUT2D eigenvalue weighted by Crippen LogP contribution is -2.53. The van der Waals surface area contributed by atoms with Crippen molar-refractivity contribution in [2.45, 2.75) is 36.6 Å². The molecular formula is C19H23F3N4O5S. The molecule has 1 aromatic rings. The van der Waals surface area contributed by atoms with Crippen LogP contribution in [-0.4, -0.2) is 79.2 Å². The van der Waals surface area contributed by atoms with Gasteiger partial charge in [-0.15, -0.1) is 13.2 Å². The molecule has 3 fully saturated rings. The molecule has 0 aromatic heterocycles. The van der Waals surface area contributed by atoms with E-state index in [9.17, 15) is 31.2 Å². The number of hydrogen-bond acceptors (Lipinski definition) is 6. The SMILES string of the molecule is C[C@]1(C2CC2)NC(=O)N(CN2CCN(S(=O)(=O)c3ccc(OC(F)(F)F)cc3)CC2)C1=O. The molecule has 13 heteroatoms. The number of imide groups is 1. The first-order valence-electron chi connectivity index (χ1n) is 10.1. The highest BCUT2D eigenvalue weighted by Crippen LogP contribution is 2.42. The maximum absolute atomic E-state index is 12.8. The Kier molecular flexibility index (Phi) is 5.62. The van der Waals surface area contributed by atoms with Crippen molar-refractivity contribution in [1.29, 1.82) is 0 Å². The molecule has 3 aliphatic rings. The molecule has 9 nitrogen and oxygen atoms in total. The third-order valence-electron chi connectivity index (χ3n) is 6.06. The fourth-order valence-electron chi connectivity index (χ4n) is 4.06. The van der Waals surface area contributed by atoms with Gasteiger partial charge >= 0.3 is 12.4 Å². The molecule has 2 saturated heterocycles. The number of urea groups is 1. The molecule has 1 N–H and O–H groups in total. The maximum atomic E-state index is 12.8. The van der Waals surface area contributed by atoms with Crippen molar-refractivity contribution >= 4 is 22.0 Å². The topological polar surface area (TPSA) is 99.3 Å². The van der Waals surface area contributed by atoms with E-state index in [0.717, 1.165) is 37.1 Å². The van der Waals surface area contributed by atoms with Gasteiger partial charge in [-0.05, 0) is 49.9 Å². The van der Waals surface area contributed by atoms with Crippen LogP contribution in [0.2, 0.25) is 0 Å². The minimum absolute atomic E-state index is 0.0738. The lowest BCUT2D eigenvalue weighted by molar-refractivity contribution is -0.274. The Morgan fingerprint density at radius 2 is 1.69 bits per heavy atom. The number of halogens is 3. The van der Waals surface area contributed by atoms with E-state index in [1.165, 1.54) is 9.21 Å². The molecule has 176 valence electrons. The molecule has 0 spiro atoms. The maximum Gasteiger partial charge on any atom is 0.573 e. The Labute approximate surface area is 183 Å². The predicted octanol–water partition coefficient (Wildman–Crippen LogP) is 1.57. The second-order valence-electron chi connectivity index (χ2n) is 8.32. The molecule has 1 saturated carbocycles. The largest absolute Gasteiger partial charge is 0.573 e. The number of nitrogens with zero attached hydrogens (tertiary/aromatic N) is 3. The average molecular weight is 476 g/mol. The summed E-state index contributed by atoms with van der Waals surface area (Å²) < 4.78 is 67.5. The number of hydrogen-bond donors (Lipinski definition) is 1. The van der Waals surface area contributed by atoms with Crippen LogP contribution in [0.3, 0.4) is 0 Å². The van der Waals surface area contributed by atoms with Gasteiger partial charge in [0, 0.05) is 26.2 Å². The standard InChI is InChI=1S/C19H23F3N4O5S/c1-18(13-2-3-13)16(27)26(17(28)23-18)12-24-8-10-25(11-9-24)32(29,30)15-6-4-14(5-7-15)31-19(20,21)22/h4-7,13H,2-3,8-12H2,1H3,(H,23,28)/t18-/m1/s1. The number of amides is 3. The van der Waals surface area contributed by atoms with Gasteiger partial charge in [0.05, 0.1) is 11.6 Å². The highest BCUT2D eigenvalue weighted by Gasteiger charge is 2.56. The van der Waals surface area contributed by atoms with Gasteiger partial charge in [0.15, 0.2) is 0 Å². The smallest absolute Gasteiger partial charge is 0.406 e. The van der Waals surface area contributed by atoms with Crippen LogP contribution >= 0.6 is 0 Å². The summed E-state index contributed by atoms with van der Waals surface area (Å²) in [7, 11) is -3.91. The minimum Gasteiger partial charge on any atom is -0.406 e.